The minimum atomic E-state index is -4.59. The van der Waals surface area contributed by atoms with Gasteiger partial charge in [0, 0.05) is 12.8 Å². The summed E-state index contributed by atoms with van der Waals surface area (Å²) in [6.07, 6.45) is 18.3. The normalized spacial score (nSPS) is 21.9. The number of allylic oxidation sites excluding steroid dienone is 4. The topological polar surface area (TPSA) is 186 Å². The second kappa shape index (κ2) is 28.7. The second-order valence-corrected chi connectivity index (χ2v) is 14.8. The number of aliphatic hydroxyl groups excluding tert-OH is 3. The summed E-state index contributed by atoms with van der Waals surface area (Å²) in [6.45, 7) is 3.64. The van der Waals surface area contributed by atoms with Gasteiger partial charge in [-0.25, -0.2) is 0 Å². The van der Waals surface area contributed by atoms with E-state index in [1.54, 1.807) is 0 Å². The third kappa shape index (κ3) is 23.6. The summed E-state index contributed by atoms with van der Waals surface area (Å²) in [7, 11) is -4.59. The molecule has 1 heterocycles. The average molecular weight is 735 g/mol. The van der Waals surface area contributed by atoms with E-state index in [1.165, 1.54) is 38.5 Å². The first-order chi connectivity index (χ1) is 24.0. The van der Waals surface area contributed by atoms with Gasteiger partial charge in [-0.3, -0.25) is 14.1 Å². The quantitative estimate of drug-likeness (QED) is 0.0288. The number of hydrogen-bond donors (Lipinski definition) is 4. The Morgan fingerprint density at radius 2 is 1.18 bits per heavy atom. The van der Waals surface area contributed by atoms with Crippen molar-refractivity contribution in [2.45, 2.75) is 179 Å². The molecule has 0 aliphatic carbocycles. The maximum atomic E-state index is 12.7. The van der Waals surface area contributed by atoms with E-state index in [9.17, 15) is 37.9 Å². The zero-order valence-corrected chi connectivity index (χ0v) is 31.3. The van der Waals surface area contributed by atoms with Gasteiger partial charge in [-0.05, 0) is 38.5 Å². The number of carbonyl (C=O) groups is 2. The highest BCUT2D eigenvalue weighted by molar-refractivity contribution is 7.85. The van der Waals surface area contributed by atoms with Crippen LogP contribution in [0.15, 0.2) is 24.3 Å². The first-order valence-corrected chi connectivity index (χ1v) is 20.5. The highest BCUT2D eigenvalue weighted by atomic mass is 32.2. The Kier molecular flexibility index (Phi) is 26.5. The summed E-state index contributed by atoms with van der Waals surface area (Å²) in [5.74, 6) is -2.01. The van der Waals surface area contributed by atoms with Crippen molar-refractivity contribution in [1.29, 1.82) is 0 Å². The number of aliphatic hydroxyl groups is 3. The van der Waals surface area contributed by atoms with Gasteiger partial charge in [0.05, 0.1) is 6.61 Å². The first-order valence-electron chi connectivity index (χ1n) is 18.9. The summed E-state index contributed by atoms with van der Waals surface area (Å²) >= 11 is 0. The molecule has 50 heavy (non-hydrogen) atoms. The van der Waals surface area contributed by atoms with Crippen LogP contribution in [0, 0.1) is 0 Å². The van der Waals surface area contributed by atoms with E-state index in [4.69, 9.17) is 18.9 Å². The van der Waals surface area contributed by atoms with Crippen LogP contribution in [0.5, 0.6) is 0 Å². The van der Waals surface area contributed by atoms with Gasteiger partial charge in [0.1, 0.15) is 36.8 Å². The first kappa shape index (κ1) is 46.2. The standard InChI is InChI=1S/C37H66O12S/c1-3-5-7-9-11-12-13-14-15-16-17-18-20-22-24-26-33(39)48-30(27-46-32(38)25-23-21-19-10-8-6-4-2)28-47-37-36(42)35(41)34(40)31(49-37)29-50(43,44)45/h12-15,30-31,34-37,40-42H,3-11,16-29H2,1-2H3,(H,43,44,45)/b13-12+,15-14+/t30-,31-,34-,35?,36?,37+/m1/s1. The molecule has 1 rings (SSSR count). The lowest BCUT2D eigenvalue weighted by atomic mass is 10.00. The van der Waals surface area contributed by atoms with Gasteiger partial charge in [0.2, 0.25) is 0 Å². The van der Waals surface area contributed by atoms with Crippen molar-refractivity contribution in [2.24, 2.45) is 0 Å². The highest BCUT2D eigenvalue weighted by Gasteiger charge is 2.46. The highest BCUT2D eigenvalue weighted by Crippen LogP contribution is 2.24. The smallest absolute Gasteiger partial charge is 0.306 e. The number of rotatable bonds is 30. The van der Waals surface area contributed by atoms with Crippen LogP contribution >= 0.6 is 0 Å². The van der Waals surface area contributed by atoms with Crippen LogP contribution in [0.3, 0.4) is 0 Å². The van der Waals surface area contributed by atoms with Crippen LogP contribution in [0.25, 0.3) is 0 Å². The maximum Gasteiger partial charge on any atom is 0.306 e. The van der Waals surface area contributed by atoms with Crippen molar-refractivity contribution >= 4 is 22.1 Å². The molecule has 0 bridgehead atoms. The van der Waals surface area contributed by atoms with Crippen molar-refractivity contribution in [3.63, 3.8) is 0 Å². The molecule has 4 N–H and O–H groups in total. The van der Waals surface area contributed by atoms with Crippen LogP contribution in [-0.2, 0) is 38.7 Å². The van der Waals surface area contributed by atoms with Gasteiger partial charge in [-0.15, -0.1) is 0 Å². The second-order valence-electron chi connectivity index (χ2n) is 13.3. The Labute approximate surface area is 300 Å². The molecule has 0 aromatic heterocycles. The van der Waals surface area contributed by atoms with Crippen molar-refractivity contribution in [2.75, 3.05) is 19.0 Å². The fraction of sp³-hybridized carbons (Fsp3) is 0.838. The summed E-state index contributed by atoms with van der Waals surface area (Å²) < 4.78 is 53.6. The predicted molar refractivity (Wildman–Crippen MR) is 192 cm³/mol. The molecule has 12 nitrogen and oxygen atoms in total. The summed E-state index contributed by atoms with van der Waals surface area (Å²) in [5.41, 5.74) is 0. The summed E-state index contributed by atoms with van der Waals surface area (Å²) in [5, 5.41) is 30.7. The fourth-order valence-electron chi connectivity index (χ4n) is 5.55. The summed E-state index contributed by atoms with van der Waals surface area (Å²) in [6, 6.07) is 0. The molecule has 1 aliphatic heterocycles. The van der Waals surface area contributed by atoms with E-state index < -0.39 is 71.2 Å². The van der Waals surface area contributed by atoms with Gasteiger partial charge < -0.3 is 34.3 Å². The Hall–Kier alpha value is -1.87. The molecule has 0 saturated carbocycles. The molecule has 0 aromatic carbocycles. The van der Waals surface area contributed by atoms with E-state index >= 15 is 0 Å². The average Bonchev–Trinajstić information content (AvgIpc) is 3.07. The SMILES string of the molecule is CCCCCC/C=C/C=C/CCCCCCCC(=O)O[C@H](COC(=O)CCCCCCCCC)CO[C@H]1O[C@H](CS(=O)(=O)O)[C@@H](O)C(O)C1O. The molecule has 0 spiro atoms. The monoisotopic (exact) mass is 734 g/mol. The van der Waals surface area contributed by atoms with E-state index in [1.807, 2.05) is 0 Å². The predicted octanol–water partition coefficient (Wildman–Crippen LogP) is 6.11. The fourth-order valence-corrected chi connectivity index (χ4v) is 6.24. The van der Waals surface area contributed by atoms with E-state index in [0.29, 0.717) is 12.8 Å². The van der Waals surface area contributed by atoms with Crippen LogP contribution in [0.4, 0.5) is 0 Å². The van der Waals surface area contributed by atoms with Gasteiger partial charge in [-0.2, -0.15) is 8.42 Å². The molecule has 1 aliphatic rings. The Morgan fingerprint density at radius 3 is 1.74 bits per heavy atom. The molecule has 2 unspecified atom stereocenters. The zero-order chi connectivity index (χ0) is 37.0. The lowest BCUT2D eigenvalue weighted by Crippen LogP contribution is -2.60. The Morgan fingerprint density at radius 1 is 0.680 bits per heavy atom. The minimum absolute atomic E-state index is 0.148. The number of esters is 2. The van der Waals surface area contributed by atoms with Crippen LogP contribution in [0.1, 0.15) is 142 Å². The zero-order valence-electron chi connectivity index (χ0n) is 30.5. The molecular weight excluding hydrogens is 668 g/mol. The third-order valence-electron chi connectivity index (χ3n) is 8.56. The number of hydrogen-bond acceptors (Lipinski definition) is 11. The van der Waals surface area contributed by atoms with E-state index in [0.717, 1.165) is 64.2 Å². The van der Waals surface area contributed by atoms with Gasteiger partial charge >= 0.3 is 11.9 Å². The molecule has 0 amide bonds. The largest absolute Gasteiger partial charge is 0.462 e. The molecule has 1 fully saturated rings. The van der Waals surface area contributed by atoms with Crippen molar-refractivity contribution in [1.82, 2.24) is 0 Å². The van der Waals surface area contributed by atoms with E-state index in [-0.39, 0.29) is 19.4 Å². The number of carbonyl (C=O) groups excluding carboxylic acids is 2. The van der Waals surface area contributed by atoms with Gasteiger partial charge in [-0.1, -0.05) is 115 Å². The van der Waals surface area contributed by atoms with Crippen LogP contribution in [-0.4, -0.2) is 96.0 Å². The van der Waals surface area contributed by atoms with Crippen LogP contribution in [0.2, 0.25) is 0 Å². The van der Waals surface area contributed by atoms with Crippen molar-refractivity contribution in [3.8, 4) is 0 Å². The molecule has 13 heteroatoms. The van der Waals surface area contributed by atoms with E-state index in [2.05, 4.69) is 38.2 Å². The van der Waals surface area contributed by atoms with Crippen LogP contribution < -0.4 is 0 Å². The summed E-state index contributed by atoms with van der Waals surface area (Å²) in [4.78, 5) is 25.1. The van der Waals surface area contributed by atoms with Gasteiger partial charge in [0.15, 0.2) is 12.4 Å². The lowest BCUT2D eigenvalue weighted by Gasteiger charge is -2.40. The van der Waals surface area contributed by atoms with Crippen molar-refractivity contribution < 1.29 is 56.8 Å². The minimum Gasteiger partial charge on any atom is -0.462 e. The number of ether oxygens (including phenoxy) is 4. The number of unbranched alkanes of at least 4 members (excludes halogenated alkanes) is 15. The third-order valence-corrected chi connectivity index (χ3v) is 9.31. The molecule has 292 valence electrons. The molecule has 0 aromatic rings. The van der Waals surface area contributed by atoms with Crippen molar-refractivity contribution in [3.05, 3.63) is 24.3 Å². The Bertz CT molecular complexity index is 1050. The molecule has 6 atom stereocenters. The molecule has 0 radical (unpaired) electrons. The maximum absolute atomic E-state index is 12.7. The van der Waals surface area contributed by atoms with Gasteiger partial charge in [0.25, 0.3) is 10.1 Å². The molecular formula is C37H66O12S. The lowest BCUT2D eigenvalue weighted by molar-refractivity contribution is -0.297. The Balaban J connectivity index is 2.53. The molecule has 1 saturated heterocycles.